The smallest absolute Gasteiger partial charge is 0.484 e. The number of nitrogens with zero attached hydrogens (tertiary/aromatic N) is 1. The molecule has 0 saturated heterocycles. The predicted octanol–water partition coefficient (Wildman–Crippen LogP) is 4.21. The number of anilines is 1. The number of para-hydroxylation sites is 1. The van der Waals surface area contributed by atoms with Crippen LogP contribution in [0, 0.1) is 0 Å². The summed E-state index contributed by atoms with van der Waals surface area (Å²) in [4.78, 5) is 16.0. The zero-order valence-electron chi connectivity index (χ0n) is 12.5. The number of fused-ring (bicyclic) bond motifs is 1. The van der Waals surface area contributed by atoms with E-state index < -0.39 is 12.3 Å². The van der Waals surface area contributed by atoms with Gasteiger partial charge in [-0.1, -0.05) is 29.5 Å². The van der Waals surface area contributed by atoms with Crippen molar-refractivity contribution < 1.29 is 27.4 Å². The van der Waals surface area contributed by atoms with Crippen molar-refractivity contribution in [1.82, 2.24) is 4.98 Å². The van der Waals surface area contributed by atoms with Gasteiger partial charge >= 0.3 is 6.36 Å². The molecular formula is C16H11F3N2O3S. The van der Waals surface area contributed by atoms with Gasteiger partial charge in [0, 0.05) is 6.07 Å². The Hall–Kier alpha value is -2.81. The third-order valence-corrected chi connectivity index (χ3v) is 3.89. The van der Waals surface area contributed by atoms with Gasteiger partial charge in [0.15, 0.2) is 11.7 Å². The molecule has 0 aliphatic carbocycles. The Morgan fingerprint density at radius 2 is 1.88 bits per heavy atom. The van der Waals surface area contributed by atoms with Crippen LogP contribution in [0.2, 0.25) is 0 Å². The number of ether oxygens (including phenoxy) is 2. The van der Waals surface area contributed by atoms with Crippen LogP contribution in [-0.4, -0.2) is 23.9 Å². The number of carbonyl (C=O) groups is 1. The molecule has 1 aromatic heterocycles. The van der Waals surface area contributed by atoms with E-state index in [9.17, 15) is 18.0 Å². The summed E-state index contributed by atoms with van der Waals surface area (Å²) < 4.78 is 46.3. The zero-order chi connectivity index (χ0) is 17.9. The lowest BCUT2D eigenvalue weighted by molar-refractivity contribution is -0.274. The third-order valence-electron chi connectivity index (χ3n) is 2.95. The first-order chi connectivity index (χ1) is 11.9. The van der Waals surface area contributed by atoms with Crippen LogP contribution in [0.4, 0.5) is 18.3 Å². The SMILES string of the molecule is O=C(COc1ccccc1)Nc1nc2ccc(OC(F)(F)F)cc2s1. The molecule has 0 bridgehead atoms. The highest BCUT2D eigenvalue weighted by molar-refractivity contribution is 7.22. The lowest BCUT2D eigenvalue weighted by Gasteiger charge is -2.07. The predicted molar refractivity (Wildman–Crippen MR) is 86.9 cm³/mol. The molecule has 0 saturated carbocycles. The summed E-state index contributed by atoms with van der Waals surface area (Å²) in [6, 6.07) is 12.6. The van der Waals surface area contributed by atoms with Gasteiger partial charge in [0.2, 0.25) is 0 Å². The van der Waals surface area contributed by atoms with Gasteiger partial charge in [-0.15, -0.1) is 13.2 Å². The number of benzene rings is 2. The summed E-state index contributed by atoms with van der Waals surface area (Å²) in [5.74, 6) is -0.209. The van der Waals surface area contributed by atoms with E-state index in [0.29, 0.717) is 16.0 Å². The van der Waals surface area contributed by atoms with Crippen LogP contribution in [0.5, 0.6) is 11.5 Å². The number of aromatic nitrogens is 1. The Kier molecular flexibility index (Phi) is 4.75. The zero-order valence-corrected chi connectivity index (χ0v) is 13.4. The van der Waals surface area contributed by atoms with Gasteiger partial charge in [-0.05, 0) is 24.3 Å². The molecule has 0 atom stereocenters. The summed E-state index contributed by atoms with van der Waals surface area (Å²) in [7, 11) is 0. The van der Waals surface area contributed by atoms with Crippen molar-refractivity contribution in [2.75, 3.05) is 11.9 Å². The lowest BCUT2D eigenvalue weighted by atomic mass is 10.3. The van der Waals surface area contributed by atoms with Crippen LogP contribution < -0.4 is 14.8 Å². The fraction of sp³-hybridized carbons (Fsp3) is 0.125. The standard InChI is InChI=1S/C16H11F3N2O3S/c17-16(18,19)24-11-6-7-12-13(8-11)25-15(20-12)21-14(22)9-23-10-4-2-1-3-5-10/h1-8H,9H2,(H,20,21,22). The number of amides is 1. The van der Waals surface area contributed by atoms with Crippen LogP contribution in [0.3, 0.4) is 0 Å². The first-order valence-corrected chi connectivity index (χ1v) is 7.85. The minimum atomic E-state index is -4.76. The summed E-state index contributed by atoms with van der Waals surface area (Å²) in [5.41, 5.74) is 0.457. The van der Waals surface area contributed by atoms with Gasteiger partial charge in [0.25, 0.3) is 5.91 Å². The lowest BCUT2D eigenvalue weighted by Crippen LogP contribution is -2.19. The Bertz CT molecular complexity index is 881. The molecule has 1 N–H and O–H groups in total. The van der Waals surface area contributed by atoms with Crippen molar-refractivity contribution in [2.24, 2.45) is 0 Å². The molecule has 25 heavy (non-hydrogen) atoms. The maximum absolute atomic E-state index is 12.2. The van der Waals surface area contributed by atoms with E-state index in [-0.39, 0.29) is 17.5 Å². The van der Waals surface area contributed by atoms with Crippen molar-refractivity contribution in [3.8, 4) is 11.5 Å². The molecular weight excluding hydrogens is 357 g/mol. The molecule has 0 radical (unpaired) electrons. The average molecular weight is 368 g/mol. The Labute approximate surface area is 144 Å². The van der Waals surface area contributed by atoms with E-state index in [4.69, 9.17) is 4.74 Å². The number of rotatable bonds is 5. The molecule has 3 aromatic rings. The third kappa shape index (κ3) is 4.83. The fourth-order valence-corrected chi connectivity index (χ4v) is 2.89. The average Bonchev–Trinajstić information content (AvgIpc) is 2.94. The minimum Gasteiger partial charge on any atom is -0.484 e. The molecule has 9 heteroatoms. The molecule has 5 nitrogen and oxygen atoms in total. The Morgan fingerprint density at radius 3 is 2.60 bits per heavy atom. The number of hydrogen-bond donors (Lipinski definition) is 1. The monoisotopic (exact) mass is 368 g/mol. The van der Waals surface area contributed by atoms with Crippen LogP contribution in [0.15, 0.2) is 48.5 Å². The Morgan fingerprint density at radius 1 is 1.12 bits per heavy atom. The van der Waals surface area contributed by atoms with Crippen LogP contribution >= 0.6 is 11.3 Å². The summed E-state index contributed by atoms with van der Waals surface area (Å²) in [6.45, 7) is -0.206. The molecule has 130 valence electrons. The van der Waals surface area contributed by atoms with Gasteiger partial charge in [-0.25, -0.2) is 4.98 Å². The second-order valence-corrected chi connectivity index (χ2v) is 5.88. The van der Waals surface area contributed by atoms with Gasteiger partial charge in [-0.2, -0.15) is 0 Å². The maximum Gasteiger partial charge on any atom is 0.573 e. The number of alkyl halides is 3. The molecule has 1 heterocycles. The van der Waals surface area contributed by atoms with E-state index >= 15 is 0 Å². The molecule has 0 fully saturated rings. The van der Waals surface area contributed by atoms with Crippen molar-refractivity contribution in [3.05, 3.63) is 48.5 Å². The number of halogens is 3. The van der Waals surface area contributed by atoms with E-state index in [2.05, 4.69) is 15.0 Å². The van der Waals surface area contributed by atoms with Gasteiger partial charge in [0.1, 0.15) is 11.5 Å². The summed E-state index contributed by atoms with van der Waals surface area (Å²) >= 11 is 1.04. The number of thiazole rings is 1. The fourth-order valence-electron chi connectivity index (χ4n) is 1.98. The highest BCUT2D eigenvalue weighted by Gasteiger charge is 2.31. The van der Waals surface area contributed by atoms with Crippen molar-refractivity contribution >= 4 is 32.6 Å². The maximum atomic E-state index is 12.2. The van der Waals surface area contributed by atoms with Crippen LogP contribution in [0.25, 0.3) is 10.2 Å². The number of carbonyl (C=O) groups excluding carboxylic acids is 1. The molecule has 0 spiro atoms. The summed E-state index contributed by atoms with van der Waals surface area (Å²) in [6.07, 6.45) is -4.76. The van der Waals surface area contributed by atoms with Crippen LogP contribution in [-0.2, 0) is 4.79 Å². The number of nitrogens with one attached hydrogen (secondary N) is 1. The molecule has 0 unspecified atom stereocenters. The quantitative estimate of drug-likeness (QED) is 0.733. The highest BCUT2D eigenvalue weighted by atomic mass is 32.1. The number of hydrogen-bond acceptors (Lipinski definition) is 5. The first-order valence-electron chi connectivity index (χ1n) is 7.03. The van der Waals surface area contributed by atoms with Gasteiger partial charge in [-0.3, -0.25) is 10.1 Å². The topological polar surface area (TPSA) is 60.5 Å². The van der Waals surface area contributed by atoms with Crippen molar-refractivity contribution in [3.63, 3.8) is 0 Å². The largest absolute Gasteiger partial charge is 0.573 e. The van der Waals surface area contributed by atoms with E-state index in [1.807, 2.05) is 6.07 Å². The van der Waals surface area contributed by atoms with Gasteiger partial charge in [0.05, 0.1) is 10.2 Å². The molecule has 3 rings (SSSR count). The molecule has 0 aliphatic heterocycles. The first kappa shape index (κ1) is 17.0. The van der Waals surface area contributed by atoms with Crippen molar-refractivity contribution in [2.45, 2.75) is 6.36 Å². The second kappa shape index (κ2) is 6.98. The minimum absolute atomic E-state index is 0.206. The molecule has 1 amide bonds. The normalized spacial score (nSPS) is 11.3. The van der Waals surface area contributed by atoms with E-state index in [1.165, 1.54) is 18.2 Å². The van der Waals surface area contributed by atoms with Crippen molar-refractivity contribution in [1.29, 1.82) is 0 Å². The van der Waals surface area contributed by atoms with Crippen LogP contribution in [0.1, 0.15) is 0 Å². The van der Waals surface area contributed by atoms with Gasteiger partial charge < -0.3 is 9.47 Å². The Balaban J connectivity index is 1.64. The second-order valence-electron chi connectivity index (χ2n) is 4.85. The van der Waals surface area contributed by atoms with E-state index in [0.717, 1.165) is 11.3 Å². The highest BCUT2D eigenvalue weighted by Crippen LogP contribution is 2.31. The van der Waals surface area contributed by atoms with E-state index in [1.54, 1.807) is 24.3 Å². The molecule has 0 aliphatic rings. The molecule has 2 aromatic carbocycles. The summed E-state index contributed by atoms with van der Waals surface area (Å²) in [5, 5.41) is 2.81.